The maximum absolute atomic E-state index is 6.10. The molecule has 1 aromatic rings. The van der Waals surface area contributed by atoms with Gasteiger partial charge in [-0.05, 0) is 25.5 Å². The monoisotopic (exact) mass is 255 g/mol. The molecule has 94 valence electrons. The first-order valence-electron chi connectivity index (χ1n) is 5.91. The summed E-state index contributed by atoms with van der Waals surface area (Å²) in [6, 6.07) is 8.02. The summed E-state index contributed by atoms with van der Waals surface area (Å²) >= 11 is 6.10. The number of para-hydroxylation sites is 1. The van der Waals surface area contributed by atoms with Crippen molar-refractivity contribution in [3.05, 3.63) is 29.3 Å². The number of ether oxygens (including phenoxy) is 2. The van der Waals surface area contributed by atoms with Crippen molar-refractivity contribution in [1.82, 2.24) is 0 Å². The number of benzene rings is 1. The summed E-state index contributed by atoms with van der Waals surface area (Å²) < 4.78 is 11.0. The molecular weight excluding hydrogens is 238 g/mol. The predicted molar refractivity (Wildman–Crippen MR) is 69.7 cm³/mol. The maximum atomic E-state index is 6.10. The van der Waals surface area contributed by atoms with Gasteiger partial charge in [-0.2, -0.15) is 0 Å². The van der Waals surface area contributed by atoms with Crippen molar-refractivity contribution in [1.29, 1.82) is 0 Å². The van der Waals surface area contributed by atoms with Gasteiger partial charge >= 0.3 is 0 Å². The van der Waals surface area contributed by atoms with E-state index in [2.05, 4.69) is 5.32 Å². The standard InChI is InChI=1S/C13H18ClNO2/c1-3-17-12-8-11(13(12)16-2)15-10-7-5-4-6-9(10)14/h4-7,11-13,15H,3,8H2,1-2H3. The Bertz CT molecular complexity index is 372. The highest BCUT2D eigenvalue weighted by Gasteiger charge is 2.42. The third kappa shape index (κ3) is 2.73. The molecule has 1 N–H and O–H groups in total. The zero-order chi connectivity index (χ0) is 12.3. The average Bonchev–Trinajstić information content (AvgIpc) is 2.30. The Morgan fingerprint density at radius 2 is 2.18 bits per heavy atom. The Morgan fingerprint density at radius 1 is 1.41 bits per heavy atom. The number of hydrogen-bond acceptors (Lipinski definition) is 3. The summed E-state index contributed by atoms with van der Waals surface area (Å²) in [7, 11) is 1.72. The Kier molecular flexibility index (Phi) is 4.26. The van der Waals surface area contributed by atoms with Gasteiger partial charge in [-0.3, -0.25) is 0 Å². The van der Waals surface area contributed by atoms with Crippen LogP contribution in [0.4, 0.5) is 5.69 Å². The molecule has 1 aliphatic rings. The smallest absolute Gasteiger partial charge is 0.103 e. The Labute approximate surface area is 107 Å². The van der Waals surface area contributed by atoms with Crippen LogP contribution in [-0.4, -0.2) is 32.0 Å². The molecule has 0 heterocycles. The highest BCUT2D eigenvalue weighted by molar-refractivity contribution is 6.33. The van der Waals surface area contributed by atoms with E-state index < -0.39 is 0 Å². The van der Waals surface area contributed by atoms with E-state index >= 15 is 0 Å². The molecule has 3 nitrogen and oxygen atoms in total. The van der Waals surface area contributed by atoms with Crippen LogP contribution in [0.2, 0.25) is 5.02 Å². The lowest BCUT2D eigenvalue weighted by Gasteiger charge is -2.43. The van der Waals surface area contributed by atoms with Crippen molar-refractivity contribution in [2.75, 3.05) is 19.0 Å². The third-order valence-electron chi connectivity index (χ3n) is 3.12. The van der Waals surface area contributed by atoms with Gasteiger partial charge in [0.2, 0.25) is 0 Å². The molecule has 1 saturated carbocycles. The Balaban J connectivity index is 1.95. The molecule has 1 aliphatic carbocycles. The molecular formula is C13H18ClNO2. The highest BCUT2D eigenvalue weighted by Crippen LogP contribution is 2.31. The number of anilines is 1. The first-order chi connectivity index (χ1) is 8.26. The second-order valence-corrected chi connectivity index (χ2v) is 4.57. The van der Waals surface area contributed by atoms with Crippen LogP contribution in [0.15, 0.2) is 24.3 Å². The maximum Gasteiger partial charge on any atom is 0.103 e. The Hall–Kier alpha value is -0.770. The van der Waals surface area contributed by atoms with E-state index in [1.54, 1.807) is 7.11 Å². The van der Waals surface area contributed by atoms with Gasteiger partial charge in [0.05, 0.1) is 22.9 Å². The molecule has 0 saturated heterocycles. The number of rotatable bonds is 5. The van der Waals surface area contributed by atoms with Crippen LogP contribution in [0, 0.1) is 0 Å². The molecule has 0 aliphatic heterocycles. The fourth-order valence-corrected chi connectivity index (χ4v) is 2.38. The van der Waals surface area contributed by atoms with Gasteiger partial charge in [0.1, 0.15) is 6.10 Å². The summed E-state index contributed by atoms with van der Waals surface area (Å²) in [4.78, 5) is 0. The van der Waals surface area contributed by atoms with Crippen molar-refractivity contribution < 1.29 is 9.47 Å². The summed E-state index contributed by atoms with van der Waals surface area (Å²) in [6.45, 7) is 2.73. The van der Waals surface area contributed by atoms with E-state index in [1.807, 2.05) is 31.2 Å². The molecule has 3 unspecified atom stereocenters. The number of halogens is 1. The van der Waals surface area contributed by atoms with Crippen LogP contribution in [0.25, 0.3) is 0 Å². The SMILES string of the molecule is CCOC1CC(Nc2ccccc2Cl)C1OC. The zero-order valence-electron chi connectivity index (χ0n) is 10.2. The fraction of sp³-hybridized carbons (Fsp3) is 0.538. The molecule has 1 fully saturated rings. The second-order valence-electron chi connectivity index (χ2n) is 4.16. The first kappa shape index (κ1) is 12.7. The van der Waals surface area contributed by atoms with Gasteiger partial charge in [-0.1, -0.05) is 23.7 Å². The lowest BCUT2D eigenvalue weighted by Crippen LogP contribution is -2.56. The third-order valence-corrected chi connectivity index (χ3v) is 3.45. The van der Waals surface area contributed by atoms with E-state index in [-0.39, 0.29) is 18.2 Å². The van der Waals surface area contributed by atoms with Gasteiger partial charge in [0.15, 0.2) is 0 Å². The molecule has 0 amide bonds. The van der Waals surface area contributed by atoms with E-state index in [1.165, 1.54) is 0 Å². The summed E-state index contributed by atoms with van der Waals surface area (Å²) in [5.74, 6) is 0. The molecule has 2 rings (SSSR count). The lowest BCUT2D eigenvalue weighted by molar-refractivity contribution is -0.118. The zero-order valence-corrected chi connectivity index (χ0v) is 10.9. The largest absolute Gasteiger partial charge is 0.378 e. The van der Waals surface area contributed by atoms with Crippen molar-refractivity contribution in [3.8, 4) is 0 Å². The van der Waals surface area contributed by atoms with Crippen molar-refractivity contribution in [2.24, 2.45) is 0 Å². The number of hydrogen-bond donors (Lipinski definition) is 1. The van der Waals surface area contributed by atoms with E-state index in [4.69, 9.17) is 21.1 Å². The minimum Gasteiger partial charge on any atom is -0.378 e. The first-order valence-corrected chi connectivity index (χ1v) is 6.29. The predicted octanol–water partition coefficient (Wildman–Crippen LogP) is 2.94. The highest BCUT2D eigenvalue weighted by atomic mass is 35.5. The summed E-state index contributed by atoms with van der Waals surface area (Å²) in [6.07, 6.45) is 1.26. The van der Waals surface area contributed by atoms with E-state index in [0.29, 0.717) is 0 Å². The molecule has 0 radical (unpaired) electrons. The molecule has 1 aromatic carbocycles. The average molecular weight is 256 g/mol. The van der Waals surface area contributed by atoms with E-state index in [0.717, 1.165) is 23.7 Å². The van der Waals surface area contributed by atoms with Crippen LogP contribution in [0.1, 0.15) is 13.3 Å². The van der Waals surface area contributed by atoms with Gasteiger partial charge in [-0.15, -0.1) is 0 Å². The van der Waals surface area contributed by atoms with Gasteiger partial charge < -0.3 is 14.8 Å². The summed E-state index contributed by atoms with van der Waals surface area (Å²) in [5.41, 5.74) is 0.955. The molecule has 4 heteroatoms. The molecule has 3 atom stereocenters. The Morgan fingerprint density at radius 3 is 2.82 bits per heavy atom. The number of nitrogens with one attached hydrogen (secondary N) is 1. The van der Waals surface area contributed by atoms with Gasteiger partial charge in [0.25, 0.3) is 0 Å². The van der Waals surface area contributed by atoms with Crippen LogP contribution >= 0.6 is 11.6 Å². The van der Waals surface area contributed by atoms with E-state index in [9.17, 15) is 0 Å². The van der Waals surface area contributed by atoms with Crippen molar-refractivity contribution >= 4 is 17.3 Å². The van der Waals surface area contributed by atoms with Gasteiger partial charge in [0, 0.05) is 13.7 Å². The minimum atomic E-state index is 0.103. The van der Waals surface area contributed by atoms with Crippen LogP contribution < -0.4 is 5.32 Å². The van der Waals surface area contributed by atoms with Crippen LogP contribution in [-0.2, 0) is 9.47 Å². The normalized spacial score (nSPS) is 27.6. The van der Waals surface area contributed by atoms with Crippen molar-refractivity contribution in [3.63, 3.8) is 0 Å². The summed E-state index contributed by atoms with van der Waals surface area (Å²) in [5, 5.41) is 4.14. The molecule has 0 spiro atoms. The molecule has 0 bridgehead atoms. The topological polar surface area (TPSA) is 30.5 Å². The van der Waals surface area contributed by atoms with Crippen LogP contribution in [0.5, 0.6) is 0 Å². The van der Waals surface area contributed by atoms with Crippen molar-refractivity contribution in [2.45, 2.75) is 31.6 Å². The van der Waals surface area contributed by atoms with Crippen LogP contribution in [0.3, 0.4) is 0 Å². The fourth-order valence-electron chi connectivity index (χ4n) is 2.19. The minimum absolute atomic E-state index is 0.103. The van der Waals surface area contributed by atoms with Gasteiger partial charge in [-0.25, -0.2) is 0 Å². The quantitative estimate of drug-likeness (QED) is 0.878. The lowest BCUT2D eigenvalue weighted by atomic mass is 9.85. The second kappa shape index (κ2) is 5.71. The number of methoxy groups -OCH3 is 1. The molecule has 17 heavy (non-hydrogen) atoms. The molecule has 0 aromatic heterocycles.